The lowest BCUT2D eigenvalue weighted by Gasteiger charge is -2.06. The Labute approximate surface area is 99.3 Å². The molecule has 0 saturated carbocycles. The van der Waals surface area contributed by atoms with Gasteiger partial charge in [0.2, 0.25) is 0 Å². The summed E-state index contributed by atoms with van der Waals surface area (Å²) in [6, 6.07) is 0. The molecule has 0 bridgehead atoms. The summed E-state index contributed by atoms with van der Waals surface area (Å²) in [7, 11) is 0. The third kappa shape index (κ3) is 5.30. The largest absolute Gasteiger partial charge is 0.381 e. The van der Waals surface area contributed by atoms with E-state index in [1.165, 1.54) is 0 Å². The predicted molar refractivity (Wildman–Crippen MR) is 63.7 cm³/mol. The van der Waals surface area contributed by atoms with Crippen LogP contribution in [0.3, 0.4) is 0 Å². The first-order chi connectivity index (χ1) is 7.20. The predicted octanol–water partition coefficient (Wildman–Crippen LogP) is 2.67. The number of anilines is 1. The molecule has 0 radical (unpaired) electrons. The minimum absolute atomic E-state index is 0.447. The topological polar surface area (TPSA) is 47.0 Å². The first kappa shape index (κ1) is 12.7. The molecule has 0 aliphatic carbocycles. The Bertz CT molecular complexity index is 280. The van der Waals surface area contributed by atoms with Gasteiger partial charge in [0, 0.05) is 19.8 Å². The molecule has 0 atom stereocenters. The van der Waals surface area contributed by atoms with Crippen molar-refractivity contribution in [2.45, 2.75) is 20.3 Å². The summed E-state index contributed by atoms with van der Waals surface area (Å²) in [6.07, 6.45) is 0.945. The van der Waals surface area contributed by atoms with Crippen molar-refractivity contribution in [1.29, 1.82) is 0 Å². The minimum Gasteiger partial charge on any atom is -0.381 e. The van der Waals surface area contributed by atoms with Gasteiger partial charge in [-0.15, -0.1) is 0 Å². The maximum absolute atomic E-state index is 5.76. The molecular weight excluding hydrogens is 234 g/mol. The van der Waals surface area contributed by atoms with Crippen LogP contribution in [0, 0.1) is 5.92 Å². The number of nitrogens with one attached hydrogen (secondary N) is 1. The first-order valence-corrected chi connectivity index (χ1v) is 6.10. The number of aromatic nitrogens is 2. The van der Waals surface area contributed by atoms with E-state index in [0.29, 0.717) is 16.9 Å². The molecule has 1 rings (SSSR count). The van der Waals surface area contributed by atoms with Gasteiger partial charge in [0.05, 0.1) is 11.7 Å². The highest BCUT2D eigenvalue weighted by Crippen LogP contribution is 2.17. The zero-order valence-corrected chi connectivity index (χ0v) is 10.6. The summed E-state index contributed by atoms with van der Waals surface area (Å²) in [5, 5.41) is 3.55. The zero-order valence-electron chi connectivity index (χ0n) is 8.99. The highest BCUT2D eigenvalue weighted by molar-refractivity contribution is 6.99. The molecule has 0 spiro atoms. The van der Waals surface area contributed by atoms with Gasteiger partial charge in [-0.05, 0) is 12.3 Å². The molecule has 4 nitrogen and oxygen atoms in total. The third-order valence-electron chi connectivity index (χ3n) is 1.66. The van der Waals surface area contributed by atoms with E-state index in [-0.39, 0.29) is 0 Å². The Kier molecular flexibility index (Phi) is 5.90. The SMILES string of the molecule is CC(C)COCCCNc1nsnc1Cl. The second kappa shape index (κ2) is 6.98. The van der Waals surface area contributed by atoms with Gasteiger partial charge in [-0.3, -0.25) is 0 Å². The highest BCUT2D eigenvalue weighted by Gasteiger charge is 2.02. The molecule has 1 aromatic rings. The molecule has 6 heteroatoms. The van der Waals surface area contributed by atoms with Crippen molar-refractivity contribution in [3.8, 4) is 0 Å². The molecule has 0 saturated heterocycles. The van der Waals surface area contributed by atoms with E-state index in [4.69, 9.17) is 16.3 Å². The summed E-state index contributed by atoms with van der Waals surface area (Å²) < 4.78 is 13.3. The Morgan fingerprint density at radius 3 is 2.87 bits per heavy atom. The molecule has 0 amide bonds. The van der Waals surface area contributed by atoms with Gasteiger partial charge in [0.1, 0.15) is 0 Å². The Balaban J connectivity index is 2.00. The molecule has 1 N–H and O–H groups in total. The fraction of sp³-hybridized carbons (Fsp3) is 0.778. The lowest BCUT2D eigenvalue weighted by Crippen LogP contribution is -2.08. The molecule has 15 heavy (non-hydrogen) atoms. The molecule has 0 unspecified atom stereocenters. The van der Waals surface area contributed by atoms with Gasteiger partial charge in [-0.1, -0.05) is 25.4 Å². The van der Waals surface area contributed by atoms with Gasteiger partial charge in [0.15, 0.2) is 11.0 Å². The van der Waals surface area contributed by atoms with Crippen LogP contribution in [0.5, 0.6) is 0 Å². The summed E-state index contributed by atoms with van der Waals surface area (Å²) in [4.78, 5) is 0. The first-order valence-electron chi connectivity index (χ1n) is 5.00. The summed E-state index contributed by atoms with van der Waals surface area (Å²) in [5.74, 6) is 1.26. The van der Waals surface area contributed by atoms with Crippen molar-refractivity contribution in [1.82, 2.24) is 8.75 Å². The average Bonchev–Trinajstić information content (AvgIpc) is 2.57. The second-order valence-corrected chi connectivity index (χ2v) is 4.54. The van der Waals surface area contributed by atoms with Crippen LogP contribution < -0.4 is 5.32 Å². The van der Waals surface area contributed by atoms with Crippen LogP contribution in [-0.2, 0) is 4.74 Å². The Morgan fingerprint density at radius 1 is 1.47 bits per heavy atom. The van der Waals surface area contributed by atoms with Crippen LogP contribution in [0.15, 0.2) is 0 Å². The van der Waals surface area contributed by atoms with Crippen molar-refractivity contribution in [3.63, 3.8) is 0 Å². The summed E-state index contributed by atoms with van der Waals surface area (Å²) >= 11 is 6.88. The molecule has 0 aliphatic heterocycles. The van der Waals surface area contributed by atoms with Crippen molar-refractivity contribution in [2.75, 3.05) is 25.1 Å². The third-order valence-corrected chi connectivity index (χ3v) is 2.55. The summed E-state index contributed by atoms with van der Waals surface area (Å²) in [5.41, 5.74) is 0. The van der Waals surface area contributed by atoms with E-state index < -0.39 is 0 Å². The smallest absolute Gasteiger partial charge is 0.186 e. The van der Waals surface area contributed by atoms with Crippen LogP contribution in [0.25, 0.3) is 0 Å². The van der Waals surface area contributed by atoms with Gasteiger partial charge in [-0.2, -0.15) is 8.75 Å². The van der Waals surface area contributed by atoms with Crippen molar-refractivity contribution in [2.24, 2.45) is 5.92 Å². The Morgan fingerprint density at radius 2 is 2.27 bits per heavy atom. The fourth-order valence-electron chi connectivity index (χ4n) is 0.983. The van der Waals surface area contributed by atoms with E-state index >= 15 is 0 Å². The number of halogens is 1. The van der Waals surface area contributed by atoms with Crippen LogP contribution in [-0.4, -0.2) is 28.5 Å². The maximum Gasteiger partial charge on any atom is 0.186 e. The van der Waals surface area contributed by atoms with Crippen molar-refractivity contribution in [3.05, 3.63) is 5.15 Å². The summed E-state index contributed by atoms with van der Waals surface area (Å²) in [6.45, 7) is 6.67. The maximum atomic E-state index is 5.76. The average molecular weight is 250 g/mol. The number of ether oxygens (including phenoxy) is 1. The molecule has 0 aliphatic rings. The van der Waals surface area contributed by atoms with Gasteiger partial charge < -0.3 is 10.1 Å². The van der Waals surface area contributed by atoms with Crippen molar-refractivity contribution < 1.29 is 4.74 Å². The van der Waals surface area contributed by atoms with Gasteiger partial charge in [0.25, 0.3) is 0 Å². The standard InChI is InChI=1S/C9H16ClN3OS/c1-7(2)6-14-5-3-4-11-9-8(10)12-15-13-9/h7H,3-6H2,1-2H3,(H,11,13). The monoisotopic (exact) mass is 249 g/mol. The van der Waals surface area contributed by atoms with Gasteiger partial charge >= 0.3 is 0 Å². The van der Waals surface area contributed by atoms with Crippen LogP contribution in [0.1, 0.15) is 20.3 Å². The number of hydrogen-bond acceptors (Lipinski definition) is 5. The van der Waals surface area contributed by atoms with Crippen LogP contribution in [0.4, 0.5) is 5.82 Å². The normalized spacial score (nSPS) is 10.9. The molecule has 1 heterocycles. The quantitative estimate of drug-likeness (QED) is 0.755. The lowest BCUT2D eigenvalue weighted by molar-refractivity contribution is 0.110. The number of hydrogen-bond donors (Lipinski definition) is 1. The molecule has 0 fully saturated rings. The van der Waals surface area contributed by atoms with Crippen LogP contribution >= 0.6 is 23.3 Å². The number of nitrogens with zero attached hydrogens (tertiary/aromatic N) is 2. The fourth-order valence-corrected chi connectivity index (χ4v) is 1.67. The minimum atomic E-state index is 0.447. The van der Waals surface area contributed by atoms with E-state index in [2.05, 4.69) is 27.9 Å². The molecule has 0 aromatic carbocycles. The second-order valence-electron chi connectivity index (χ2n) is 3.65. The van der Waals surface area contributed by atoms with Crippen LogP contribution in [0.2, 0.25) is 5.15 Å². The lowest BCUT2D eigenvalue weighted by atomic mass is 10.2. The molecular formula is C9H16ClN3OS. The highest BCUT2D eigenvalue weighted by atomic mass is 35.5. The zero-order chi connectivity index (χ0) is 11.1. The van der Waals surface area contributed by atoms with E-state index in [9.17, 15) is 0 Å². The van der Waals surface area contributed by atoms with E-state index in [0.717, 1.165) is 37.9 Å². The number of rotatable bonds is 7. The molecule has 1 aromatic heterocycles. The van der Waals surface area contributed by atoms with E-state index in [1.807, 2.05) is 0 Å². The molecule has 86 valence electrons. The van der Waals surface area contributed by atoms with Gasteiger partial charge in [-0.25, -0.2) is 0 Å². The van der Waals surface area contributed by atoms with Crippen molar-refractivity contribution >= 4 is 29.1 Å². The Hall–Kier alpha value is -0.390. The van der Waals surface area contributed by atoms with E-state index in [1.54, 1.807) is 0 Å².